The number of carbonyl (C=O) groups is 1. The highest BCUT2D eigenvalue weighted by Gasteiger charge is 2.48. The topological polar surface area (TPSA) is 125 Å². The lowest BCUT2D eigenvalue weighted by Gasteiger charge is -2.41. The third-order valence-electron chi connectivity index (χ3n) is 8.52. The minimum Gasteiger partial charge on any atom is -0.478 e. The summed E-state index contributed by atoms with van der Waals surface area (Å²) in [4.78, 5) is 18.4. The molecule has 0 radical (unpaired) electrons. The van der Waals surface area contributed by atoms with Crippen molar-refractivity contribution in [3.63, 3.8) is 0 Å². The summed E-state index contributed by atoms with van der Waals surface area (Å²) in [6.07, 6.45) is -2.69. The van der Waals surface area contributed by atoms with Crippen LogP contribution < -0.4 is 19.3 Å². The molecule has 0 saturated carbocycles. The summed E-state index contributed by atoms with van der Waals surface area (Å²) >= 11 is 0. The second kappa shape index (κ2) is 13.2. The number of aromatic nitrogens is 1. The molecule has 2 aliphatic heterocycles. The molecule has 48 heavy (non-hydrogen) atoms. The molecule has 1 spiro atoms. The molecule has 2 aromatic carbocycles. The van der Waals surface area contributed by atoms with Crippen LogP contribution in [0.1, 0.15) is 57.2 Å². The fourth-order valence-corrected chi connectivity index (χ4v) is 7.77. The number of ether oxygens (including phenoxy) is 2. The summed E-state index contributed by atoms with van der Waals surface area (Å²) in [5, 5.41) is 12.2. The van der Waals surface area contributed by atoms with E-state index in [1.165, 1.54) is 10.4 Å². The molecule has 0 unspecified atom stereocenters. The summed E-state index contributed by atoms with van der Waals surface area (Å²) in [7, 11) is -3.95. The Morgan fingerprint density at radius 3 is 2.46 bits per heavy atom. The van der Waals surface area contributed by atoms with Gasteiger partial charge in [0.25, 0.3) is 0 Å². The van der Waals surface area contributed by atoms with Gasteiger partial charge in [0, 0.05) is 43.4 Å². The first kappa shape index (κ1) is 34.8. The lowest BCUT2D eigenvalue weighted by Crippen LogP contribution is -2.47. The van der Waals surface area contributed by atoms with Gasteiger partial charge >= 0.3 is 12.3 Å². The molecule has 0 atom stereocenters. The van der Waals surface area contributed by atoms with Crippen molar-refractivity contribution in [1.82, 2.24) is 10.3 Å². The Kier molecular flexibility index (Phi) is 9.56. The van der Waals surface area contributed by atoms with Gasteiger partial charge in [0.1, 0.15) is 11.7 Å². The average molecular weight is 686 g/mol. The van der Waals surface area contributed by atoms with E-state index in [2.05, 4.69) is 10.3 Å². The number of sulfonamides is 1. The monoisotopic (exact) mass is 685 g/mol. The highest BCUT2D eigenvalue weighted by atomic mass is 32.2. The zero-order valence-corrected chi connectivity index (χ0v) is 28.0. The number of alkyl carbamates (subject to hydrolysis) is 1. The SMILES string of the molecule is CCOc1ncccc1-c1ccc2c(c1)N(S(=O)(=O)CCNC(=O)OC(C)(C)C)CC21CCN(c2ccc(C(F)(F)F)cc2C#N)CC1. The summed E-state index contributed by atoms with van der Waals surface area (Å²) in [5.74, 6) is 0.0495. The van der Waals surface area contributed by atoms with Crippen LogP contribution >= 0.6 is 0 Å². The number of piperidine rings is 1. The average Bonchev–Trinajstić information content (AvgIpc) is 3.34. The fraction of sp³-hybridized carbons (Fsp3) is 0.441. The molecule has 1 aromatic heterocycles. The molecule has 0 aliphatic carbocycles. The highest BCUT2D eigenvalue weighted by Crippen LogP contribution is 2.50. The number of nitrogens with zero attached hydrogens (tertiary/aromatic N) is 4. The summed E-state index contributed by atoms with van der Waals surface area (Å²) in [6, 6.07) is 14.3. The van der Waals surface area contributed by atoms with Crippen LogP contribution in [0.4, 0.5) is 29.3 Å². The highest BCUT2D eigenvalue weighted by molar-refractivity contribution is 7.92. The van der Waals surface area contributed by atoms with Crippen LogP contribution in [0, 0.1) is 11.3 Å². The van der Waals surface area contributed by atoms with Crippen molar-refractivity contribution >= 4 is 27.5 Å². The zero-order valence-electron chi connectivity index (χ0n) is 27.2. The lowest BCUT2D eigenvalue weighted by molar-refractivity contribution is -0.137. The number of fused-ring (bicyclic) bond motifs is 2. The third kappa shape index (κ3) is 7.31. The Bertz CT molecular complexity index is 1830. The molecule has 10 nitrogen and oxygen atoms in total. The molecule has 14 heteroatoms. The molecular formula is C34H38F3N5O5S. The normalized spacial score (nSPS) is 16.0. The predicted molar refractivity (Wildman–Crippen MR) is 175 cm³/mol. The van der Waals surface area contributed by atoms with Gasteiger partial charge in [-0.1, -0.05) is 12.1 Å². The number of benzene rings is 2. The van der Waals surface area contributed by atoms with Crippen molar-refractivity contribution in [2.24, 2.45) is 0 Å². The van der Waals surface area contributed by atoms with Gasteiger partial charge in [0.2, 0.25) is 15.9 Å². The van der Waals surface area contributed by atoms with Gasteiger partial charge in [-0.15, -0.1) is 0 Å². The van der Waals surface area contributed by atoms with E-state index in [0.29, 0.717) is 55.4 Å². The smallest absolute Gasteiger partial charge is 0.416 e. The summed E-state index contributed by atoms with van der Waals surface area (Å²) < 4.78 is 80.2. The molecule has 2 aliphatic rings. The Hall–Kier alpha value is -4.51. The number of rotatable bonds is 8. The van der Waals surface area contributed by atoms with E-state index in [4.69, 9.17) is 9.47 Å². The molecule has 256 valence electrons. The number of nitriles is 1. The molecule has 3 heterocycles. The first-order valence-corrected chi connectivity index (χ1v) is 17.2. The van der Waals surface area contributed by atoms with Crippen LogP contribution in [0.2, 0.25) is 0 Å². The van der Waals surface area contributed by atoms with Crippen molar-refractivity contribution in [2.45, 2.75) is 57.7 Å². The van der Waals surface area contributed by atoms with Crippen LogP contribution in [-0.2, 0) is 26.4 Å². The fourth-order valence-electron chi connectivity index (χ4n) is 6.30. The molecule has 1 amide bonds. The predicted octanol–water partition coefficient (Wildman–Crippen LogP) is 6.25. The van der Waals surface area contributed by atoms with Crippen molar-refractivity contribution in [2.75, 3.05) is 47.7 Å². The Balaban J connectivity index is 1.45. The van der Waals surface area contributed by atoms with E-state index in [1.54, 1.807) is 33.0 Å². The number of anilines is 2. The molecule has 0 bridgehead atoms. The summed E-state index contributed by atoms with van der Waals surface area (Å²) in [6.45, 7) is 8.16. The van der Waals surface area contributed by atoms with Crippen LogP contribution in [0.5, 0.6) is 5.88 Å². The molecular weight excluding hydrogens is 647 g/mol. The minimum absolute atomic E-state index is 0.0690. The van der Waals surface area contributed by atoms with E-state index in [1.807, 2.05) is 42.2 Å². The van der Waals surface area contributed by atoms with Gasteiger partial charge < -0.3 is 19.7 Å². The first-order chi connectivity index (χ1) is 22.6. The number of amides is 1. The van der Waals surface area contributed by atoms with Gasteiger partial charge in [-0.2, -0.15) is 18.4 Å². The van der Waals surface area contributed by atoms with Crippen LogP contribution in [0.25, 0.3) is 11.1 Å². The minimum atomic E-state index is -4.57. The van der Waals surface area contributed by atoms with Crippen molar-refractivity contribution in [3.05, 3.63) is 71.4 Å². The maximum absolute atomic E-state index is 13.9. The van der Waals surface area contributed by atoms with E-state index < -0.39 is 38.9 Å². The maximum atomic E-state index is 13.9. The number of pyridine rings is 1. The van der Waals surface area contributed by atoms with Crippen LogP contribution in [0.15, 0.2) is 54.7 Å². The number of hydrogen-bond acceptors (Lipinski definition) is 8. The molecule has 1 fully saturated rings. The lowest BCUT2D eigenvalue weighted by atomic mass is 9.74. The van der Waals surface area contributed by atoms with E-state index >= 15 is 0 Å². The number of carbonyl (C=O) groups excluding carboxylic acids is 1. The Labute approximate surface area is 278 Å². The molecule has 3 aromatic rings. The van der Waals surface area contributed by atoms with Gasteiger partial charge in [-0.25, -0.2) is 18.2 Å². The maximum Gasteiger partial charge on any atom is 0.416 e. The van der Waals surface area contributed by atoms with Crippen molar-refractivity contribution < 1.29 is 35.9 Å². The summed E-state index contributed by atoms with van der Waals surface area (Å²) in [5.41, 5.74) is 0.888. The van der Waals surface area contributed by atoms with Gasteiger partial charge in [-0.05, 0) is 88.1 Å². The standard InChI is InChI=1S/C34H38F3N5O5S/c1-5-46-30-26(7-6-14-39-30)23-8-10-27-29(20-23)42(48(44,45)18-15-40-31(43)47-32(2,3)4)22-33(27)12-16-41(17-13-33)28-11-9-25(34(35,36)37)19-24(28)21-38/h6-11,14,19-20H,5,12-13,15-18,22H2,1-4H3,(H,40,43). The zero-order chi connectivity index (χ0) is 34.9. The Morgan fingerprint density at radius 1 is 1.08 bits per heavy atom. The first-order valence-electron chi connectivity index (χ1n) is 15.6. The van der Waals surface area contributed by atoms with Gasteiger partial charge in [0.05, 0.1) is 34.9 Å². The van der Waals surface area contributed by atoms with E-state index in [0.717, 1.165) is 23.3 Å². The number of halogens is 3. The molecule has 1 N–H and O–H groups in total. The second-order valence-electron chi connectivity index (χ2n) is 12.9. The second-order valence-corrected chi connectivity index (χ2v) is 14.9. The van der Waals surface area contributed by atoms with Gasteiger partial charge in [0.15, 0.2) is 0 Å². The quantitative estimate of drug-likeness (QED) is 0.295. The van der Waals surface area contributed by atoms with Crippen LogP contribution in [-0.4, -0.2) is 63.6 Å². The number of nitrogens with one attached hydrogen (secondary N) is 1. The van der Waals surface area contributed by atoms with Crippen molar-refractivity contribution in [1.29, 1.82) is 5.26 Å². The van der Waals surface area contributed by atoms with E-state index in [9.17, 15) is 31.6 Å². The van der Waals surface area contributed by atoms with Crippen molar-refractivity contribution in [3.8, 4) is 23.1 Å². The third-order valence-corrected chi connectivity index (χ3v) is 10.2. The van der Waals surface area contributed by atoms with E-state index in [-0.39, 0.29) is 24.4 Å². The Morgan fingerprint density at radius 2 is 1.81 bits per heavy atom. The molecule has 5 rings (SSSR count). The number of hydrogen-bond donors (Lipinski definition) is 1. The number of alkyl halides is 3. The van der Waals surface area contributed by atoms with Gasteiger partial charge in [-0.3, -0.25) is 4.31 Å². The molecule has 1 saturated heterocycles. The largest absolute Gasteiger partial charge is 0.478 e. The van der Waals surface area contributed by atoms with Crippen LogP contribution in [0.3, 0.4) is 0 Å².